The minimum atomic E-state index is -4.70. The lowest BCUT2D eigenvalue weighted by atomic mass is 9.80. The van der Waals surface area contributed by atoms with Crippen LogP contribution in [0.5, 0.6) is 5.75 Å². The van der Waals surface area contributed by atoms with Gasteiger partial charge in [-0.2, -0.15) is 17.6 Å². The molecule has 1 aliphatic heterocycles. The molecule has 1 aromatic heterocycles. The van der Waals surface area contributed by atoms with Crippen LogP contribution in [0.25, 0.3) is 0 Å². The van der Waals surface area contributed by atoms with Gasteiger partial charge in [-0.1, -0.05) is 54.1 Å². The number of likely N-dealkylation sites (tertiary alicyclic amines) is 1. The number of alkyl halides is 4. The molecule has 3 aromatic rings. The largest absolute Gasteiger partial charge is 0.461 e. The number of rotatable bonds is 9. The first-order valence-electron chi connectivity index (χ1n) is 12.5. The molecular formula is C28H29ClF4N4O2. The molecule has 1 fully saturated rings. The van der Waals surface area contributed by atoms with Crippen LogP contribution < -0.4 is 15.4 Å². The fraction of sp³-hybridized carbons (Fsp3) is 0.357. The molecule has 0 bridgehead atoms. The van der Waals surface area contributed by atoms with Crippen LogP contribution in [0.2, 0.25) is 5.02 Å². The van der Waals surface area contributed by atoms with Gasteiger partial charge in [0.2, 0.25) is 0 Å². The Hall–Kier alpha value is -3.37. The van der Waals surface area contributed by atoms with Crippen LogP contribution in [-0.4, -0.2) is 54.6 Å². The van der Waals surface area contributed by atoms with Crippen molar-refractivity contribution in [2.24, 2.45) is 0 Å². The summed E-state index contributed by atoms with van der Waals surface area (Å²) in [4.78, 5) is 20.1. The molecule has 208 valence electrons. The van der Waals surface area contributed by atoms with Crippen molar-refractivity contribution in [1.82, 2.24) is 20.5 Å². The summed E-state index contributed by atoms with van der Waals surface area (Å²) in [5.74, 6) is -0.485. The van der Waals surface area contributed by atoms with E-state index >= 15 is 0 Å². The van der Waals surface area contributed by atoms with Gasteiger partial charge >= 0.3 is 18.6 Å². The molecule has 0 spiro atoms. The van der Waals surface area contributed by atoms with Crippen LogP contribution in [0, 0.1) is 0 Å². The number of hydrogen-bond donors (Lipinski definition) is 2. The zero-order valence-electron chi connectivity index (χ0n) is 21.2. The summed E-state index contributed by atoms with van der Waals surface area (Å²) in [6, 6.07) is 17.3. The first kappa shape index (κ1) is 28.6. The van der Waals surface area contributed by atoms with E-state index in [2.05, 4.69) is 25.3 Å². The number of carbonyl (C=O) groups excluding carboxylic acids is 1. The van der Waals surface area contributed by atoms with Crippen molar-refractivity contribution in [3.05, 3.63) is 94.8 Å². The number of urea groups is 1. The van der Waals surface area contributed by atoms with E-state index in [9.17, 15) is 22.4 Å². The van der Waals surface area contributed by atoms with Gasteiger partial charge in [-0.15, -0.1) is 0 Å². The van der Waals surface area contributed by atoms with Gasteiger partial charge in [-0.25, -0.2) is 4.79 Å². The summed E-state index contributed by atoms with van der Waals surface area (Å²) in [5, 5.41) is 6.42. The highest BCUT2D eigenvalue weighted by molar-refractivity contribution is 6.30. The van der Waals surface area contributed by atoms with Crippen LogP contribution in [0.4, 0.5) is 22.4 Å². The molecule has 39 heavy (non-hydrogen) atoms. The van der Waals surface area contributed by atoms with Gasteiger partial charge in [-0.3, -0.25) is 4.98 Å². The van der Waals surface area contributed by atoms with Crippen molar-refractivity contribution in [3.63, 3.8) is 0 Å². The third-order valence-corrected chi connectivity index (χ3v) is 6.92. The highest BCUT2D eigenvalue weighted by atomic mass is 35.5. The number of aromatic nitrogens is 1. The molecule has 11 heteroatoms. The zero-order chi connectivity index (χ0) is 28.0. The average Bonchev–Trinajstić information content (AvgIpc) is 2.90. The Balaban J connectivity index is 1.78. The fourth-order valence-corrected chi connectivity index (χ4v) is 4.76. The molecule has 2 N–H and O–H groups in total. The SMILES string of the molecule is CN1CCC(NC(=O)N[C@](Cc2ccccc2)(c2cccc(OC(F)(F)C(F)F)c2)c2ccc(Cl)cn2)CC1. The predicted molar refractivity (Wildman–Crippen MR) is 140 cm³/mol. The smallest absolute Gasteiger partial charge is 0.428 e. The number of halogens is 5. The molecule has 2 amide bonds. The summed E-state index contributed by atoms with van der Waals surface area (Å²) in [5.41, 5.74) is 0.0773. The minimum Gasteiger partial charge on any atom is -0.428 e. The van der Waals surface area contributed by atoms with Gasteiger partial charge in [0.05, 0.1) is 10.7 Å². The zero-order valence-corrected chi connectivity index (χ0v) is 22.0. The summed E-state index contributed by atoms with van der Waals surface area (Å²) in [6.45, 7) is 1.66. The van der Waals surface area contributed by atoms with Gasteiger partial charge in [-0.05, 0) is 68.4 Å². The molecule has 0 saturated carbocycles. The van der Waals surface area contributed by atoms with E-state index in [0.717, 1.165) is 37.6 Å². The van der Waals surface area contributed by atoms with Gasteiger partial charge in [0.15, 0.2) is 0 Å². The fourth-order valence-electron chi connectivity index (χ4n) is 4.65. The van der Waals surface area contributed by atoms with Crippen LogP contribution in [-0.2, 0) is 12.0 Å². The topological polar surface area (TPSA) is 66.5 Å². The Kier molecular flexibility index (Phi) is 8.97. The van der Waals surface area contributed by atoms with Crippen LogP contribution in [0.15, 0.2) is 72.9 Å². The Morgan fingerprint density at radius 2 is 1.82 bits per heavy atom. The molecule has 0 unspecified atom stereocenters. The first-order valence-corrected chi connectivity index (χ1v) is 12.8. The van der Waals surface area contributed by atoms with E-state index in [4.69, 9.17) is 11.6 Å². The maximum atomic E-state index is 13.8. The van der Waals surface area contributed by atoms with Gasteiger partial charge in [0.1, 0.15) is 11.3 Å². The number of pyridine rings is 1. The number of hydrogen-bond acceptors (Lipinski definition) is 4. The minimum absolute atomic E-state index is 0.0618. The lowest BCUT2D eigenvalue weighted by Gasteiger charge is -2.37. The Labute approximate surface area is 229 Å². The molecule has 4 rings (SSSR count). The van der Waals surface area contributed by atoms with Crippen molar-refractivity contribution >= 4 is 17.6 Å². The van der Waals surface area contributed by atoms with Crippen LogP contribution >= 0.6 is 11.6 Å². The van der Waals surface area contributed by atoms with Crippen LogP contribution in [0.3, 0.4) is 0 Å². The second-order valence-electron chi connectivity index (χ2n) is 9.60. The molecule has 2 heterocycles. The highest BCUT2D eigenvalue weighted by Crippen LogP contribution is 2.36. The Morgan fingerprint density at radius 1 is 1.10 bits per heavy atom. The monoisotopic (exact) mass is 564 g/mol. The van der Waals surface area contributed by atoms with E-state index in [1.807, 2.05) is 37.4 Å². The lowest BCUT2D eigenvalue weighted by molar-refractivity contribution is -0.253. The number of amides is 2. The van der Waals surface area contributed by atoms with Crippen molar-refractivity contribution in [1.29, 1.82) is 0 Å². The number of nitrogens with one attached hydrogen (secondary N) is 2. The number of carbonyl (C=O) groups is 1. The van der Waals surface area contributed by atoms with E-state index in [0.29, 0.717) is 16.3 Å². The van der Waals surface area contributed by atoms with Crippen molar-refractivity contribution < 1.29 is 27.1 Å². The Bertz CT molecular complexity index is 1240. The number of piperidine rings is 1. The summed E-state index contributed by atoms with van der Waals surface area (Å²) >= 11 is 6.10. The summed E-state index contributed by atoms with van der Waals surface area (Å²) in [6.07, 6.45) is -5.61. The molecule has 0 aliphatic carbocycles. The van der Waals surface area contributed by atoms with E-state index in [1.54, 1.807) is 18.2 Å². The van der Waals surface area contributed by atoms with E-state index < -0.39 is 29.9 Å². The number of ether oxygens (including phenoxy) is 1. The second-order valence-corrected chi connectivity index (χ2v) is 10.0. The summed E-state index contributed by atoms with van der Waals surface area (Å²) < 4.78 is 57.7. The molecule has 1 saturated heterocycles. The third kappa shape index (κ3) is 7.19. The Morgan fingerprint density at radius 3 is 2.46 bits per heavy atom. The molecule has 2 aromatic carbocycles. The summed E-state index contributed by atoms with van der Waals surface area (Å²) in [7, 11) is 2.01. The van der Waals surface area contributed by atoms with Crippen LogP contribution in [0.1, 0.15) is 29.7 Å². The highest BCUT2D eigenvalue weighted by Gasteiger charge is 2.45. The standard InChI is InChI=1S/C28H29ClF4N4O2/c1-37-14-12-22(13-15-37)35-26(38)36-27(17-19-6-3-2-4-7-19,24-11-10-21(29)18-34-24)20-8-5-9-23(16-20)39-28(32,33)25(30)31/h2-11,16,18,22,25H,12-15,17H2,1H3,(H2,35,36,38)/t27-/m1/s1. The molecule has 1 aliphatic rings. The molecule has 0 radical (unpaired) electrons. The number of nitrogens with zero attached hydrogens (tertiary/aromatic N) is 2. The average molecular weight is 565 g/mol. The molecular weight excluding hydrogens is 536 g/mol. The predicted octanol–water partition coefficient (Wildman–Crippen LogP) is 5.85. The molecule has 6 nitrogen and oxygen atoms in total. The van der Waals surface area contributed by atoms with Crippen molar-refractivity contribution in [2.75, 3.05) is 20.1 Å². The maximum absolute atomic E-state index is 13.8. The quantitative estimate of drug-likeness (QED) is 0.320. The molecule has 1 atom stereocenters. The van der Waals surface area contributed by atoms with Gasteiger partial charge in [0, 0.05) is 18.7 Å². The van der Waals surface area contributed by atoms with Gasteiger partial charge < -0.3 is 20.3 Å². The maximum Gasteiger partial charge on any atom is 0.461 e. The van der Waals surface area contributed by atoms with Gasteiger partial charge in [0.25, 0.3) is 0 Å². The van der Waals surface area contributed by atoms with E-state index in [-0.39, 0.29) is 12.5 Å². The number of benzene rings is 2. The van der Waals surface area contributed by atoms with E-state index in [1.165, 1.54) is 18.3 Å². The normalized spacial score (nSPS) is 16.5. The third-order valence-electron chi connectivity index (χ3n) is 6.69. The van der Waals surface area contributed by atoms with Crippen molar-refractivity contribution in [2.45, 2.75) is 43.4 Å². The lowest BCUT2D eigenvalue weighted by Crippen LogP contribution is -2.55. The second kappa shape index (κ2) is 12.2. The first-order chi connectivity index (χ1) is 18.6. The van der Waals surface area contributed by atoms with Crippen molar-refractivity contribution in [3.8, 4) is 5.75 Å².